The van der Waals surface area contributed by atoms with Crippen LogP contribution in [0.1, 0.15) is 63.5 Å². The minimum Gasteiger partial charge on any atom is -0.450 e. The number of hydrogen-bond acceptors (Lipinski definition) is 2. The second-order valence-corrected chi connectivity index (χ2v) is 8.36. The highest BCUT2D eigenvalue weighted by molar-refractivity contribution is 5.51. The van der Waals surface area contributed by atoms with Crippen LogP contribution in [0.25, 0.3) is 0 Å². The Labute approximate surface area is 177 Å². The molecule has 2 heterocycles. The highest BCUT2D eigenvalue weighted by Crippen LogP contribution is 2.39. The van der Waals surface area contributed by atoms with Gasteiger partial charge in [0.25, 0.3) is 0 Å². The summed E-state index contributed by atoms with van der Waals surface area (Å²) >= 11 is 0. The average Bonchev–Trinajstić information content (AvgIpc) is 2.75. The van der Waals surface area contributed by atoms with Crippen molar-refractivity contribution in [3.63, 3.8) is 0 Å². The van der Waals surface area contributed by atoms with Crippen LogP contribution in [0.3, 0.4) is 0 Å². The lowest BCUT2D eigenvalue weighted by Crippen LogP contribution is -2.26. The van der Waals surface area contributed by atoms with Gasteiger partial charge in [0.2, 0.25) is 5.82 Å². The molecule has 2 unspecified atom stereocenters. The maximum absolute atomic E-state index is 14.8. The third-order valence-electron chi connectivity index (χ3n) is 6.08. The van der Waals surface area contributed by atoms with Crippen LogP contribution in [0, 0.1) is 17.6 Å². The van der Waals surface area contributed by atoms with Crippen LogP contribution >= 0.6 is 0 Å². The summed E-state index contributed by atoms with van der Waals surface area (Å²) in [4.78, 5) is 0. The molecule has 2 nitrogen and oxygen atoms in total. The van der Waals surface area contributed by atoms with Gasteiger partial charge in [0.05, 0.1) is 6.10 Å². The van der Waals surface area contributed by atoms with Gasteiger partial charge in [-0.05, 0) is 67.2 Å². The zero-order valence-electron chi connectivity index (χ0n) is 18.0. The van der Waals surface area contributed by atoms with Gasteiger partial charge in [-0.3, -0.25) is 0 Å². The molecule has 5 heteroatoms. The molecule has 0 bridgehead atoms. The number of benzene rings is 1. The fraction of sp³-hybridized carbons (Fsp3) is 0.520. The molecule has 1 aromatic rings. The quantitative estimate of drug-likeness (QED) is 0.467. The molecule has 0 aliphatic carbocycles. The molecule has 30 heavy (non-hydrogen) atoms. The molecule has 1 fully saturated rings. The lowest BCUT2D eigenvalue weighted by atomic mass is 9.91. The standard InChI is InChI=1S/C25H31F3O2/c1-5-7-17-8-10-20(29-14-17)11-9-18-13-19-12-16(4)24(21(26)15(3)6-2)30-25(19)23(28)22(18)27/h13,17,20H,3-12,14H2,1-2H3/b24-21-. The molecule has 0 aromatic heterocycles. The Hall–Kier alpha value is -2.01. The second-order valence-electron chi connectivity index (χ2n) is 8.36. The van der Waals surface area contributed by atoms with Crippen LogP contribution < -0.4 is 4.74 Å². The molecule has 3 rings (SSSR count). The third-order valence-corrected chi connectivity index (χ3v) is 6.08. The molecule has 164 valence electrons. The van der Waals surface area contributed by atoms with Gasteiger partial charge in [-0.1, -0.05) is 33.4 Å². The van der Waals surface area contributed by atoms with E-state index in [1.54, 1.807) is 13.0 Å². The van der Waals surface area contributed by atoms with Crippen molar-refractivity contribution >= 4 is 0 Å². The average molecular weight is 421 g/mol. The second kappa shape index (κ2) is 9.86. The SMILES string of the molecule is C=C(CC)/C(F)=C1/Oc2c(cc(CCC3CCC(CCC)CO3)c(F)c2F)CC1=C. The first-order valence-corrected chi connectivity index (χ1v) is 10.9. The predicted octanol–water partition coefficient (Wildman–Crippen LogP) is 7.13. The molecule has 1 saturated heterocycles. The minimum atomic E-state index is -1.07. The Kier molecular flexibility index (Phi) is 7.45. The Bertz CT molecular complexity index is 848. The van der Waals surface area contributed by atoms with Crippen LogP contribution in [0.4, 0.5) is 13.2 Å². The summed E-state index contributed by atoms with van der Waals surface area (Å²) in [5.74, 6) is -2.47. The smallest absolute Gasteiger partial charge is 0.201 e. The largest absolute Gasteiger partial charge is 0.450 e. The Morgan fingerprint density at radius 2 is 1.93 bits per heavy atom. The molecule has 2 aliphatic rings. The van der Waals surface area contributed by atoms with Gasteiger partial charge >= 0.3 is 0 Å². The van der Waals surface area contributed by atoms with Crippen molar-refractivity contribution in [1.29, 1.82) is 0 Å². The number of allylic oxidation sites excluding steroid dienone is 3. The maximum Gasteiger partial charge on any atom is 0.201 e. The van der Waals surface area contributed by atoms with E-state index in [0.29, 0.717) is 41.9 Å². The number of hydrogen-bond donors (Lipinski definition) is 0. The summed E-state index contributed by atoms with van der Waals surface area (Å²) < 4.78 is 55.3. The summed E-state index contributed by atoms with van der Waals surface area (Å²) in [5.41, 5.74) is 1.41. The normalized spacial score (nSPS) is 23.0. The van der Waals surface area contributed by atoms with Gasteiger partial charge in [-0.25, -0.2) is 8.78 Å². The van der Waals surface area contributed by atoms with E-state index in [4.69, 9.17) is 9.47 Å². The zero-order valence-corrected chi connectivity index (χ0v) is 18.0. The molecule has 1 aromatic carbocycles. The highest BCUT2D eigenvalue weighted by Gasteiger charge is 2.29. The molecular weight excluding hydrogens is 389 g/mol. The van der Waals surface area contributed by atoms with Crippen molar-refractivity contribution in [3.05, 3.63) is 64.7 Å². The zero-order chi connectivity index (χ0) is 21.8. The van der Waals surface area contributed by atoms with Crippen molar-refractivity contribution < 1.29 is 22.6 Å². The Balaban J connectivity index is 1.73. The van der Waals surface area contributed by atoms with E-state index in [9.17, 15) is 13.2 Å². The minimum absolute atomic E-state index is 0.0755. The first-order valence-electron chi connectivity index (χ1n) is 10.9. The third kappa shape index (κ3) is 4.83. The summed E-state index contributed by atoms with van der Waals surface area (Å²) in [6.45, 7) is 12.2. The first kappa shape index (κ1) is 22.7. The van der Waals surface area contributed by atoms with Gasteiger partial charge in [0.15, 0.2) is 23.2 Å². The lowest BCUT2D eigenvalue weighted by Gasteiger charge is -2.29. The number of rotatable bonds is 7. The fourth-order valence-corrected chi connectivity index (χ4v) is 4.19. The molecule has 0 saturated carbocycles. The van der Waals surface area contributed by atoms with E-state index in [1.807, 2.05) is 0 Å². The van der Waals surface area contributed by atoms with Crippen LogP contribution in [0.5, 0.6) is 5.75 Å². The molecule has 0 N–H and O–H groups in total. The molecule has 2 atom stereocenters. The molecule has 2 aliphatic heterocycles. The number of halogens is 3. The predicted molar refractivity (Wildman–Crippen MR) is 113 cm³/mol. The van der Waals surface area contributed by atoms with Gasteiger partial charge in [-0.15, -0.1) is 0 Å². The highest BCUT2D eigenvalue weighted by atomic mass is 19.2. The maximum atomic E-state index is 14.8. The van der Waals surface area contributed by atoms with Gasteiger partial charge in [-0.2, -0.15) is 4.39 Å². The van der Waals surface area contributed by atoms with E-state index < -0.39 is 17.5 Å². The van der Waals surface area contributed by atoms with Crippen molar-refractivity contribution in [2.24, 2.45) is 5.92 Å². The Morgan fingerprint density at radius 3 is 2.57 bits per heavy atom. The van der Waals surface area contributed by atoms with Gasteiger partial charge < -0.3 is 9.47 Å². The van der Waals surface area contributed by atoms with E-state index in [-0.39, 0.29) is 29.6 Å². The molecule has 0 radical (unpaired) electrons. The fourth-order valence-electron chi connectivity index (χ4n) is 4.19. The molecular formula is C25H31F3O2. The summed E-state index contributed by atoms with van der Waals surface area (Å²) in [5, 5.41) is 0. The summed E-state index contributed by atoms with van der Waals surface area (Å²) in [7, 11) is 0. The number of fused-ring (bicyclic) bond motifs is 1. The lowest BCUT2D eigenvalue weighted by molar-refractivity contribution is -0.0216. The topological polar surface area (TPSA) is 18.5 Å². The van der Waals surface area contributed by atoms with Crippen LogP contribution in [0.2, 0.25) is 0 Å². The van der Waals surface area contributed by atoms with Crippen LogP contribution in [0.15, 0.2) is 42.0 Å². The van der Waals surface area contributed by atoms with Crippen molar-refractivity contribution in [2.75, 3.05) is 6.61 Å². The molecule has 0 amide bonds. The van der Waals surface area contributed by atoms with Gasteiger partial charge in [0.1, 0.15) is 0 Å². The van der Waals surface area contributed by atoms with E-state index in [0.717, 1.165) is 25.9 Å². The van der Waals surface area contributed by atoms with Crippen molar-refractivity contribution in [1.82, 2.24) is 0 Å². The number of aryl methyl sites for hydroxylation is 1. The van der Waals surface area contributed by atoms with E-state index in [2.05, 4.69) is 20.1 Å². The monoisotopic (exact) mass is 420 g/mol. The summed E-state index contributed by atoms with van der Waals surface area (Å²) in [6.07, 6.45) is 6.09. The number of ether oxygens (including phenoxy) is 2. The van der Waals surface area contributed by atoms with Crippen LogP contribution in [-0.4, -0.2) is 12.7 Å². The Morgan fingerprint density at radius 1 is 1.17 bits per heavy atom. The van der Waals surface area contributed by atoms with Crippen molar-refractivity contribution in [3.8, 4) is 5.75 Å². The van der Waals surface area contributed by atoms with E-state index >= 15 is 0 Å². The summed E-state index contributed by atoms with van der Waals surface area (Å²) in [6, 6.07) is 1.62. The molecule has 0 spiro atoms. The van der Waals surface area contributed by atoms with Gasteiger partial charge in [0, 0.05) is 18.6 Å². The van der Waals surface area contributed by atoms with Crippen molar-refractivity contribution in [2.45, 2.75) is 71.3 Å². The first-order chi connectivity index (χ1) is 14.3. The van der Waals surface area contributed by atoms with Crippen LogP contribution in [-0.2, 0) is 17.6 Å². The van der Waals surface area contributed by atoms with E-state index in [1.165, 1.54) is 6.42 Å².